The average molecular weight is 241 g/mol. The van der Waals surface area contributed by atoms with E-state index in [-0.39, 0.29) is 0 Å². The smallest absolute Gasteiger partial charge is 0.0645 e. The van der Waals surface area contributed by atoms with E-state index < -0.39 is 0 Å². The molecule has 1 aliphatic heterocycles. The molecule has 2 aromatic rings. The van der Waals surface area contributed by atoms with Gasteiger partial charge in [0.1, 0.15) is 0 Å². The van der Waals surface area contributed by atoms with Crippen molar-refractivity contribution in [2.45, 2.75) is 31.7 Å². The van der Waals surface area contributed by atoms with E-state index in [1.807, 2.05) is 16.9 Å². The number of nitrogens with zero attached hydrogens (tertiary/aromatic N) is 2. The second kappa shape index (κ2) is 5.36. The topological polar surface area (TPSA) is 29.9 Å². The average Bonchev–Trinajstić information content (AvgIpc) is 2.95. The third kappa shape index (κ3) is 2.62. The van der Waals surface area contributed by atoms with Gasteiger partial charge in [-0.05, 0) is 49.6 Å². The number of hydrogen-bond acceptors (Lipinski definition) is 2. The van der Waals surface area contributed by atoms with Gasteiger partial charge in [0.25, 0.3) is 0 Å². The minimum atomic E-state index is 0.661. The Labute approximate surface area is 108 Å². The standard InChI is InChI=1S/C15H19N3/c1-2-9-16-14(4-1)12-13-5-7-15(8-6-13)18-11-3-10-17-18/h3,5-8,10-11,14,16H,1-2,4,9,12H2. The molecule has 0 radical (unpaired) electrons. The van der Waals surface area contributed by atoms with Gasteiger partial charge in [-0.25, -0.2) is 4.68 Å². The molecule has 2 heterocycles. The fourth-order valence-corrected chi connectivity index (χ4v) is 2.59. The van der Waals surface area contributed by atoms with Crippen LogP contribution in [0.1, 0.15) is 24.8 Å². The number of hydrogen-bond donors (Lipinski definition) is 1. The van der Waals surface area contributed by atoms with Crippen molar-refractivity contribution < 1.29 is 0 Å². The van der Waals surface area contributed by atoms with Crippen LogP contribution in [0.3, 0.4) is 0 Å². The lowest BCUT2D eigenvalue weighted by Crippen LogP contribution is -2.35. The lowest BCUT2D eigenvalue weighted by Gasteiger charge is -2.23. The summed E-state index contributed by atoms with van der Waals surface area (Å²) in [4.78, 5) is 0. The van der Waals surface area contributed by atoms with Gasteiger partial charge in [0.15, 0.2) is 0 Å². The van der Waals surface area contributed by atoms with Crippen LogP contribution in [0.4, 0.5) is 0 Å². The molecule has 1 aromatic carbocycles. The second-order valence-corrected chi connectivity index (χ2v) is 4.97. The third-order valence-electron chi connectivity index (χ3n) is 3.60. The molecule has 94 valence electrons. The van der Waals surface area contributed by atoms with Crippen molar-refractivity contribution in [3.8, 4) is 5.69 Å². The van der Waals surface area contributed by atoms with E-state index in [1.165, 1.54) is 31.4 Å². The minimum Gasteiger partial charge on any atom is -0.314 e. The van der Waals surface area contributed by atoms with Crippen LogP contribution < -0.4 is 5.32 Å². The van der Waals surface area contributed by atoms with Crippen LogP contribution >= 0.6 is 0 Å². The van der Waals surface area contributed by atoms with Crippen LogP contribution in [0, 0.1) is 0 Å². The fourth-order valence-electron chi connectivity index (χ4n) is 2.59. The molecule has 3 nitrogen and oxygen atoms in total. The highest BCUT2D eigenvalue weighted by molar-refractivity contribution is 5.34. The summed E-state index contributed by atoms with van der Waals surface area (Å²) in [6.45, 7) is 1.18. The van der Waals surface area contributed by atoms with Crippen molar-refractivity contribution in [1.29, 1.82) is 0 Å². The van der Waals surface area contributed by atoms with Crippen molar-refractivity contribution in [3.05, 3.63) is 48.3 Å². The monoisotopic (exact) mass is 241 g/mol. The van der Waals surface area contributed by atoms with Crippen molar-refractivity contribution in [2.75, 3.05) is 6.54 Å². The summed E-state index contributed by atoms with van der Waals surface area (Å²) in [7, 11) is 0. The first-order valence-corrected chi connectivity index (χ1v) is 6.74. The van der Waals surface area contributed by atoms with E-state index in [9.17, 15) is 0 Å². The van der Waals surface area contributed by atoms with E-state index in [0.29, 0.717) is 6.04 Å². The Balaban J connectivity index is 1.67. The molecule has 1 aromatic heterocycles. The van der Waals surface area contributed by atoms with Gasteiger partial charge in [0, 0.05) is 18.4 Å². The van der Waals surface area contributed by atoms with Gasteiger partial charge in [-0.15, -0.1) is 0 Å². The molecule has 0 saturated carbocycles. The van der Waals surface area contributed by atoms with Gasteiger partial charge in [0.05, 0.1) is 5.69 Å². The first kappa shape index (κ1) is 11.5. The van der Waals surface area contributed by atoms with Crippen LogP contribution in [-0.4, -0.2) is 22.4 Å². The predicted molar refractivity (Wildman–Crippen MR) is 72.9 cm³/mol. The first-order valence-electron chi connectivity index (χ1n) is 6.74. The summed E-state index contributed by atoms with van der Waals surface area (Å²) >= 11 is 0. The molecule has 0 bridgehead atoms. The largest absolute Gasteiger partial charge is 0.314 e. The van der Waals surface area contributed by atoms with Crippen molar-refractivity contribution >= 4 is 0 Å². The number of aromatic nitrogens is 2. The zero-order chi connectivity index (χ0) is 12.2. The minimum absolute atomic E-state index is 0.661. The summed E-state index contributed by atoms with van der Waals surface area (Å²) in [6, 6.07) is 11.3. The van der Waals surface area contributed by atoms with Crippen molar-refractivity contribution in [3.63, 3.8) is 0 Å². The highest BCUT2D eigenvalue weighted by Crippen LogP contribution is 2.14. The van der Waals surface area contributed by atoms with E-state index in [0.717, 1.165) is 12.1 Å². The van der Waals surface area contributed by atoms with Gasteiger partial charge < -0.3 is 5.32 Å². The van der Waals surface area contributed by atoms with Crippen LogP contribution in [0.15, 0.2) is 42.7 Å². The van der Waals surface area contributed by atoms with Crippen LogP contribution in [0.25, 0.3) is 5.69 Å². The molecular formula is C15H19N3. The van der Waals surface area contributed by atoms with E-state index in [4.69, 9.17) is 0 Å². The Kier molecular flexibility index (Phi) is 3.42. The molecule has 1 N–H and O–H groups in total. The Morgan fingerprint density at radius 3 is 2.78 bits per heavy atom. The molecule has 18 heavy (non-hydrogen) atoms. The Morgan fingerprint density at radius 1 is 1.22 bits per heavy atom. The summed E-state index contributed by atoms with van der Waals surface area (Å²) < 4.78 is 1.89. The summed E-state index contributed by atoms with van der Waals surface area (Å²) in [5.41, 5.74) is 2.53. The van der Waals surface area contributed by atoms with Gasteiger partial charge in [-0.2, -0.15) is 5.10 Å². The summed E-state index contributed by atoms with van der Waals surface area (Å²) in [6.07, 6.45) is 8.91. The van der Waals surface area contributed by atoms with Gasteiger partial charge in [-0.3, -0.25) is 0 Å². The molecule has 3 rings (SSSR count). The fraction of sp³-hybridized carbons (Fsp3) is 0.400. The number of benzene rings is 1. The molecule has 1 aliphatic rings. The quantitative estimate of drug-likeness (QED) is 0.895. The van der Waals surface area contributed by atoms with Crippen LogP contribution in [0.5, 0.6) is 0 Å². The van der Waals surface area contributed by atoms with Crippen LogP contribution in [0.2, 0.25) is 0 Å². The molecule has 0 spiro atoms. The third-order valence-corrected chi connectivity index (χ3v) is 3.60. The zero-order valence-corrected chi connectivity index (χ0v) is 10.5. The maximum absolute atomic E-state index is 4.24. The SMILES string of the molecule is c1cnn(-c2ccc(CC3CCCCN3)cc2)c1. The molecule has 3 heteroatoms. The van der Waals surface area contributed by atoms with E-state index in [2.05, 4.69) is 34.7 Å². The van der Waals surface area contributed by atoms with E-state index in [1.54, 1.807) is 6.20 Å². The molecule has 0 amide bonds. The van der Waals surface area contributed by atoms with Crippen LogP contribution in [-0.2, 0) is 6.42 Å². The second-order valence-electron chi connectivity index (χ2n) is 4.97. The number of rotatable bonds is 3. The predicted octanol–water partition coefficient (Wildman–Crippen LogP) is 2.56. The Morgan fingerprint density at radius 2 is 2.11 bits per heavy atom. The van der Waals surface area contributed by atoms with Gasteiger partial charge in [0.2, 0.25) is 0 Å². The first-order chi connectivity index (χ1) is 8.92. The van der Waals surface area contributed by atoms with Gasteiger partial charge >= 0.3 is 0 Å². The summed E-state index contributed by atoms with van der Waals surface area (Å²) in [5.74, 6) is 0. The summed E-state index contributed by atoms with van der Waals surface area (Å²) in [5, 5.41) is 7.83. The maximum Gasteiger partial charge on any atom is 0.0645 e. The number of nitrogens with one attached hydrogen (secondary N) is 1. The van der Waals surface area contributed by atoms with Crippen molar-refractivity contribution in [2.24, 2.45) is 0 Å². The maximum atomic E-state index is 4.24. The zero-order valence-electron chi connectivity index (χ0n) is 10.5. The normalized spacial score (nSPS) is 19.9. The Hall–Kier alpha value is -1.61. The molecular weight excluding hydrogens is 222 g/mol. The molecule has 1 atom stereocenters. The Bertz CT molecular complexity index is 467. The highest BCUT2D eigenvalue weighted by Gasteiger charge is 2.12. The number of piperidine rings is 1. The molecule has 1 saturated heterocycles. The van der Waals surface area contributed by atoms with Crippen molar-refractivity contribution in [1.82, 2.24) is 15.1 Å². The molecule has 1 unspecified atom stereocenters. The van der Waals surface area contributed by atoms with Gasteiger partial charge in [-0.1, -0.05) is 18.6 Å². The molecule has 1 fully saturated rings. The highest BCUT2D eigenvalue weighted by atomic mass is 15.3. The lowest BCUT2D eigenvalue weighted by atomic mass is 9.98. The lowest BCUT2D eigenvalue weighted by molar-refractivity contribution is 0.399. The van der Waals surface area contributed by atoms with E-state index >= 15 is 0 Å². The molecule has 0 aliphatic carbocycles.